The number of fused-ring (bicyclic) bond motifs is 1. The standard InChI is InChI=1S/C5H2N5/c1-2-6-8-5-3-7-10-9-4(1)5/h2-3H. The van der Waals surface area contributed by atoms with Gasteiger partial charge in [0, 0.05) is 6.07 Å². The van der Waals surface area contributed by atoms with Gasteiger partial charge in [0.15, 0.2) is 0 Å². The molecule has 0 amide bonds. The number of hydrogen-bond donors (Lipinski definition) is 0. The van der Waals surface area contributed by atoms with Crippen LogP contribution in [0.2, 0.25) is 0 Å². The van der Waals surface area contributed by atoms with Crippen molar-refractivity contribution in [2.45, 2.75) is 0 Å². The first-order valence-corrected chi connectivity index (χ1v) is 2.64. The molecule has 0 aromatic carbocycles. The summed E-state index contributed by atoms with van der Waals surface area (Å²) in [5.74, 6) is 0. The third-order valence-corrected chi connectivity index (χ3v) is 1.04. The Kier molecular flexibility index (Phi) is 1.00. The van der Waals surface area contributed by atoms with Crippen LogP contribution in [0.25, 0.3) is 11.0 Å². The first-order chi connectivity index (χ1) is 4.97. The largest absolute Gasteiger partial charge is 0.158 e. The fourth-order valence-electron chi connectivity index (χ4n) is 0.620. The van der Waals surface area contributed by atoms with Crippen molar-refractivity contribution in [3.8, 4) is 0 Å². The molecule has 0 N–H and O–H groups in total. The number of aromatic nitrogens is 5. The van der Waals surface area contributed by atoms with Gasteiger partial charge in [-0.05, 0) is 5.21 Å². The maximum atomic E-state index is 3.73. The number of nitrogens with zero attached hydrogens (tertiary/aromatic N) is 5. The highest BCUT2D eigenvalue weighted by molar-refractivity contribution is 5.69. The second kappa shape index (κ2) is 1.94. The molecule has 5 heteroatoms. The molecule has 0 fully saturated rings. The highest BCUT2D eigenvalue weighted by Gasteiger charge is 1.92. The van der Waals surface area contributed by atoms with Gasteiger partial charge in [-0.15, -0.1) is 15.3 Å². The third kappa shape index (κ3) is 0.680. The third-order valence-electron chi connectivity index (χ3n) is 1.04. The minimum absolute atomic E-state index is 0.588. The highest BCUT2D eigenvalue weighted by atomic mass is 15.3. The van der Waals surface area contributed by atoms with E-state index in [2.05, 4.69) is 31.7 Å². The summed E-state index contributed by atoms with van der Waals surface area (Å²) in [6.07, 6.45) is 2.93. The van der Waals surface area contributed by atoms with Crippen LogP contribution in [-0.2, 0) is 0 Å². The highest BCUT2D eigenvalue weighted by Crippen LogP contribution is 1.98. The van der Waals surface area contributed by atoms with Gasteiger partial charge in [0.1, 0.15) is 11.0 Å². The van der Waals surface area contributed by atoms with Crippen molar-refractivity contribution >= 4 is 11.0 Å². The molecule has 0 saturated carbocycles. The summed E-state index contributed by atoms with van der Waals surface area (Å²) in [5, 5.41) is 17.9. The fraction of sp³-hybridized carbons (Fsp3) is 0. The van der Waals surface area contributed by atoms with Crippen molar-refractivity contribution in [1.29, 1.82) is 0 Å². The van der Waals surface area contributed by atoms with Gasteiger partial charge in [-0.25, -0.2) is 0 Å². The van der Waals surface area contributed by atoms with E-state index in [1.165, 1.54) is 12.4 Å². The molecule has 2 aromatic heterocycles. The Morgan fingerprint density at radius 1 is 1.20 bits per heavy atom. The van der Waals surface area contributed by atoms with Gasteiger partial charge in [0.05, 0.1) is 12.4 Å². The molecule has 47 valence electrons. The zero-order valence-electron chi connectivity index (χ0n) is 4.89. The first-order valence-electron chi connectivity index (χ1n) is 2.64. The summed E-state index contributed by atoms with van der Waals surface area (Å²) in [6, 6.07) is 2.76. The summed E-state index contributed by atoms with van der Waals surface area (Å²) in [7, 11) is 0. The van der Waals surface area contributed by atoms with Gasteiger partial charge in [0.2, 0.25) is 0 Å². The zero-order chi connectivity index (χ0) is 6.81. The predicted octanol–water partition coefficient (Wildman–Crippen LogP) is -0.385. The maximum Gasteiger partial charge on any atom is 0.134 e. The van der Waals surface area contributed by atoms with Crippen molar-refractivity contribution in [3.63, 3.8) is 0 Å². The molecule has 0 aliphatic heterocycles. The normalized spacial score (nSPS) is 10.0. The molecular weight excluding hydrogens is 130 g/mol. The quantitative estimate of drug-likeness (QED) is 0.488. The van der Waals surface area contributed by atoms with Crippen LogP contribution in [0.15, 0.2) is 12.4 Å². The molecule has 0 atom stereocenters. The lowest BCUT2D eigenvalue weighted by molar-refractivity contribution is 0.882. The van der Waals surface area contributed by atoms with E-state index in [0.717, 1.165) is 0 Å². The van der Waals surface area contributed by atoms with Gasteiger partial charge in [-0.1, -0.05) is 0 Å². The summed E-state index contributed by atoms with van der Waals surface area (Å²) < 4.78 is 0. The SMILES string of the molecule is [c]1cnnc2cnnnc12. The minimum atomic E-state index is 0.588. The lowest BCUT2D eigenvalue weighted by Gasteiger charge is -1.86. The molecule has 2 rings (SSSR count). The average Bonchev–Trinajstić information content (AvgIpc) is 2.05. The van der Waals surface area contributed by atoms with Gasteiger partial charge in [-0.3, -0.25) is 0 Å². The average molecular weight is 132 g/mol. The molecule has 0 spiro atoms. The van der Waals surface area contributed by atoms with Crippen LogP contribution in [0.1, 0.15) is 0 Å². The van der Waals surface area contributed by atoms with E-state index in [-0.39, 0.29) is 0 Å². The molecule has 2 heterocycles. The van der Waals surface area contributed by atoms with Crippen LogP contribution in [0, 0.1) is 6.07 Å². The molecule has 2 aromatic rings. The van der Waals surface area contributed by atoms with Gasteiger partial charge >= 0.3 is 0 Å². The van der Waals surface area contributed by atoms with Crippen LogP contribution < -0.4 is 0 Å². The maximum absolute atomic E-state index is 3.73. The number of rotatable bonds is 0. The van der Waals surface area contributed by atoms with Crippen molar-refractivity contribution in [3.05, 3.63) is 18.5 Å². The molecular formula is C5H2N5. The first kappa shape index (κ1) is 5.16. The lowest BCUT2D eigenvalue weighted by atomic mass is 10.4. The van der Waals surface area contributed by atoms with E-state index in [9.17, 15) is 0 Å². The van der Waals surface area contributed by atoms with Crippen molar-refractivity contribution < 1.29 is 0 Å². The Hall–Kier alpha value is -1.65. The van der Waals surface area contributed by atoms with Crippen LogP contribution >= 0.6 is 0 Å². The topological polar surface area (TPSA) is 64.5 Å². The van der Waals surface area contributed by atoms with Crippen LogP contribution in [-0.4, -0.2) is 25.6 Å². The van der Waals surface area contributed by atoms with Crippen LogP contribution in [0.4, 0.5) is 0 Å². The summed E-state index contributed by atoms with van der Waals surface area (Å²) in [4.78, 5) is 0. The molecule has 1 radical (unpaired) electrons. The zero-order valence-corrected chi connectivity index (χ0v) is 4.89. The van der Waals surface area contributed by atoms with E-state index in [1.54, 1.807) is 0 Å². The fourth-order valence-corrected chi connectivity index (χ4v) is 0.620. The lowest BCUT2D eigenvalue weighted by Crippen LogP contribution is -1.90. The Bertz CT molecular complexity index is 281. The van der Waals surface area contributed by atoms with Crippen LogP contribution in [0.5, 0.6) is 0 Å². The van der Waals surface area contributed by atoms with E-state index in [0.29, 0.717) is 11.0 Å². The van der Waals surface area contributed by atoms with E-state index in [1.807, 2.05) is 0 Å². The molecule has 5 nitrogen and oxygen atoms in total. The van der Waals surface area contributed by atoms with Crippen LogP contribution in [0.3, 0.4) is 0 Å². The van der Waals surface area contributed by atoms with Crippen molar-refractivity contribution in [1.82, 2.24) is 25.6 Å². The summed E-state index contributed by atoms with van der Waals surface area (Å²) in [6.45, 7) is 0. The molecule has 0 bridgehead atoms. The molecule has 0 aliphatic carbocycles. The molecule has 0 unspecified atom stereocenters. The van der Waals surface area contributed by atoms with Crippen molar-refractivity contribution in [2.75, 3.05) is 0 Å². The van der Waals surface area contributed by atoms with E-state index < -0.39 is 0 Å². The monoisotopic (exact) mass is 132 g/mol. The molecule has 10 heavy (non-hydrogen) atoms. The predicted molar refractivity (Wildman–Crippen MR) is 31.8 cm³/mol. The van der Waals surface area contributed by atoms with Crippen molar-refractivity contribution in [2.24, 2.45) is 0 Å². The van der Waals surface area contributed by atoms with E-state index >= 15 is 0 Å². The smallest absolute Gasteiger partial charge is 0.134 e. The Morgan fingerprint density at radius 3 is 3.10 bits per heavy atom. The number of hydrogen-bond acceptors (Lipinski definition) is 5. The Balaban J connectivity index is 2.89. The second-order valence-corrected chi connectivity index (χ2v) is 1.66. The van der Waals surface area contributed by atoms with Gasteiger partial charge in [0.25, 0.3) is 0 Å². The van der Waals surface area contributed by atoms with Gasteiger partial charge in [-0.2, -0.15) is 5.10 Å². The Labute approximate surface area is 56.1 Å². The Morgan fingerprint density at radius 2 is 2.20 bits per heavy atom. The van der Waals surface area contributed by atoms with Gasteiger partial charge < -0.3 is 0 Å². The second-order valence-electron chi connectivity index (χ2n) is 1.66. The molecule has 0 aliphatic rings. The molecule has 0 saturated heterocycles. The minimum Gasteiger partial charge on any atom is -0.158 e. The summed E-state index contributed by atoms with van der Waals surface area (Å²) >= 11 is 0. The summed E-state index contributed by atoms with van der Waals surface area (Å²) in [5.41, 5.74) is 1.20. The van der Waals surface area contributed by atoms with E-state index in [4.69, 9.17) is 0 Å².